The Labute approximate surface area is 106 Å². The second-order valence-electron chi connectivity index (χ2n) is 5.20. The van der Waals surface area contributed by atoms with E-state index in [0.29, 0.717) is 11.5 Å². The average Bonchev–Trinajstić information content (AvgIpc) is 2.88. The predicted molar refractivity (Wildman–Crippen MR) is 68.6 cm³/mol. The molecule has 0 unspecified atom stereocenters. The molecule has 94 valence electrons. The van der Waals surface area contributed by atoms with Crippen LogP contribution in [0.15, 0.2) is 0 Å². The van der Waals surface area contributed by atoms with Gasteiger partial charge in [0.2, 0.25) is 5.13 Å². The summed E-state index contributed by atoms with van der Waals surface area (Å²) >= 11 is 1.71. The molecule has 0 aromatic carbocycles. The molecule has 0 saturated carbocycles. The van der Waals surface area contributed by atoms with Gasteiger partial charge in [-0.15, -0.1) is 10.2 Å². The third kappa shape index (κ3) is 1.85. The lowest BCUT2D eigenvalue weighted by Gasteiger charge is -2.38. The molecule has 2 saturated heterocycles. The Balaban J connectivity index is 1.81. The molecule has 1 atom stereocenters. The summed E-state index contributed by atoms with van der Waals surface area (Å²) in [4.78, 5) is 2.44. The molecule has 0 bridgehead atoms. The minimum absolute atomic E-state index is 0.456. The Morgan fingerprint density at radius 3 is 2.71 bits per heavy atom. The third-order valence-corrected chi connectivity index (χ3v) is 5.33. The minimum Gasteiger partial charge on any atom is -0.381 e. The SMILES string of the molecule is Cc1nnc(N2CCC3(CCOCC3)[C@@H]2C)s1. The average molecular weight is 253 g/mol. The summed E-state index contributed by atoms with van der Waals surface area (Å²) in [5, 5.41) is 10.6. The van der Waals surface area contributed by atoms with Crippen LogP contribution in [0, 0.1) is 12.3 Å². The lowest BCUT2D eigenvalue weighted by molar-refractivity contribution is 0.0128. The lowest BCUT2D eigenvalue weighted by Crippen LogP contribution is -2.41. The number of hydrogen-bond acceptors (Lipinski definition) is 5. The van der Waals surface area contributed by atoms with Crippen molar-refractivity contribution >= 4 is 16.5 Å². The fourth-order valence-electron chi connectivity index (χ4n) is 3.19. The van der Waals surface area contributed by atoms with Gasteiger partial charge in [0.15, 0.2) is 0 Å². The Bertz CT molecular complexity index is 400. The van der Waals surface area contributed by atoms with Gasteiger partial charge in [0.05, 0.1) is 0 Å². The van der Waals surface area contributed by atoms with E-state index in [2.05, 4.69) is 22.0 Å². The molecule has 2 aliphatic heterocycles. The number of anilines is 1. The Kier molecular flexibility index (Phi) is 2.83. The van der Waals surface area contributed by atoms with E-state index in [9.17, 15) is 0 Å². The van der Waals surface area contributed by atoms with E-state index in [0.717, 1.165) is 29.9 Å². The number of hydrogen-bond donors (Lipinski definition) is 0. The molecular formula is C12H19N3OS. The zero-order valence-corrected chi connectivity index (χ0v) is 11.3. The molecule has 0 aliphatic carbocycles. The fourth-order valence-corrected chi connectivity index (χ4v) is 3.98. The molecule has 2 aliphatic rings. The summed E-state index contributed by atoms with van der Waals surface area (Å²) in [5.74, 6) is 0. The number of nitrogens with zero attached hydrogens (tertiary/aromatic N) is 3. The molecule has 17 heavy (non-hydrogen) atoms. The van der Waals surface area contributed by atoms with Crippen LogP contribution in [0.4, 0.5) is 5.13 Å². The molecule has 3 rings (SSSR count). The van der Waals surface area contributed by atoms with Gasteiger partial charge in [-0.2, -0.15) is 0 Å². The summed E-state index contributed by atoms with van der Waals surface area (Å²) in [6.07, 6.45) is 3.67. The molecule has 0 N–H and O–H groups in total. The molecule has 5 heteroatoms. The standard InChI is InChI=1S/C12H19N3OS/c1-9-12(4-7-16-8-5-12)3-6-15(9)11-14-13-10(2)17-11/h9H,3-8H2,1-2H3/t9-/m0/s1. The number of rotatable bonds is 1. The van der Waals surface area contributed by atoms with E-state index in [1.807, 2.05) is 6.92 Å². The molecule has 1 aromatic rings. The lowest BCUT2D eigenvalue weighted by atomic mass is 9.74. The maximum absolute atomic E-state index is 5.51. The van der Waals surface area contributed by atoms with Crippen molar-refractivity contribution in [3.8, 4) is 0 Å². The van der Waals surface area contributed by atoms with Gasteiger partial charge >= 0.3 is 0 Å². The van der Waals surface area contributed by atoms with Gasteiger partial charge in [-0.1, -0.05) is 11.3 Å². The van der Waals surface area contributed by atoms with Gasteiger partial charge in [-0.05, 0) is 38.5 Å². The molecule has 3 heterocycles. The van der Waals surface area contributed by atoms with E-state index >= 15 is 0 Å². The fraction of sp³-hybridized carbons (Fsp3) is 0.833. The number of ether oxygens (including phenoxy) is 1. The third-order valence-electron chi connectivity index (χ3n) is 4.45. The smallest absolute Gasteiger partial charge is 0.208 e. The Morgan fingerprint density at radius 1 is 1.29 bits per heavy atom. The van der Waals surface area contributed by atoms with E-state index < -0.39 is 0 Å². The van der Waals surface area contributed by atoms with Crippen LogP contribution in [0.25, 0.3) is 0 Å². The predicted octanol–water partition coefficient (Wildman–Crippen LogP) is 2.24. The van der Waals surface area contributed by atoms with E-state index in [1.54, 1.807) is 11.3 Å². The first-order valence-corrected chi connectivity index (χ1v) is 7.17. The largest absolute Gasteiger partial charge is 0.381 e. The van der Waals surface area contributed by atoms with Crippen molar-refractivity contribution in [1.82, 2.24) is 10.2 Å². The quantitative estimate of drug-likeness (QED) is 0.769. The first kappa shape index (κ1) is 11.4. The van der Waals surface area contributed by atoms with Crippen molar-refractivity contribution in [2.24, 2.45) is 5.41 Å². The topological polar surface area (TPSA) is 38.2 Å². The Hall–Kier alpha value is -0.680. The van der Waals surface area contributed by atoms with E-state index in [-0.39, 0.29) is 0 Å². The monoisotopic (exact) mass is 253 g/mol. The van der Waals surface area contributed by atoms with Gasteiger partial charge < -0.3 is 9.64 Å². The van der Waals surface area contributed by atoms with Gasteiger partial charge in [0.1, 0.15) is 5.01 Å². The van der Waals surface area contributed by atoms with Crippen molar-refractivity contribution in [3.63, 3.8) is 0 Å². The van der Waals surface area contributed by atoms with Crippen LogP contribution in [0.5, 0.6) is 0 Å². The van der Waals surface area contributed by atoms with Crippen molar-refractivity contribution in [2.45, 2.75) is 39.2 Å². The molecule has 2 fully saturated rings. The van der Waals surface area contributed by atoms with Crippen LogP contribution >= 0.6 is 11.3 Å². The van der Waals surface area contributed by atoms with Gasteiger partial charge in [0.25, 0.3) is 0 Å². The van der Waals surface area contributed by atoms with Crippen LogP contribution < -0.4 is 4.90 Å². The van der Waals surface area contributed by atoms with Crippen molar-refractivity contribution in [1.29, 1.82) is 0 Å². The number of aryl methyl sites for hydroxylation is 1. The zero-order valence-electron chi connectivity index (χ0n) is 10.5. The first-order valence-electron chi connectivity index (χ1n) is 6.36. The maximum atomic E-state index is 5.51. The Morgan fingerprint density at radius 2 is 2.06 bits per heavy atom. The molecule has 4 nitrogen and oxygen atoms in total. The summed E-state index contributed by atoms with van der Waals surface area (Å²) in [6.45, 7) is 7.33. The van der Waals surface area contributed by atoms with Crippen LogP contribution in [-0.2, 0) is 4.74 Å². The summed E-state index contributed by atoms with van der Waals surface area (Å²) in [5.41, 5.74) is 0.456. The van der Waals surface area contributed by atoms with Gasteiger partial charge in [0, 0.05) is 25.8 Å². The molecule has 0 radical (unpaired) electrons. The summed E-state index contributed by atoms with van der Waals surface area (Å²) in [7, 11) is 0. The van der Waals surface area contributed by atoms with Crippen molar-refractivity contribution < 1.29 is 4.74 Å². The second kappa shape index (κ2) is 4.21. The van der Waals surface area contributed by atoms with Crippen LogP contribution in [0.2, 0.25) is 0 Å². The van der Waals surface area contributed by atoms with E-state index in [1.165, 1.54) is 19.3 Å². The second-order valence-corrected chi connectivity index (χ2v) is 6.36. The summed E-state index contributed by atoms with van der Waals surface area (Å²) in [6, 6.07) is 0.568. The highest BCUT2D eigenvalue weighted by molar-refractivity contribution is 7.15. The highest BCUT2D eigenvalue weighted by atomic mass is 32.1. The minimum atomic E-state index is 0.456. The summed E-state index contributed by atoms with van der Waals surface area (Å²) < 4.78 is 5.51. The molecule has 0 amide bonds. The van der Waals surface area contributed by atoms with Crippen LogP contribution in [0.1, 0.15) is 31.2 Å². The number of aromatic nitrogens is 2. The zero-order chi connectivity index (χ0) is 11.9. The van der Waals surface area contributed by atoms with Crippen LogP contribution in [0.3, 0.4) is 0 Å². The molecule has 1 spiro atoms. The van der Waals surface area contributed by atoms with Crippen molar-refractivity contribution in [3.05, 3.63) is 5.01 Å². The first-order chi connectivity index (χ1) is 8.21. The molecule has 1 aromatic heterocycles. The van der Waals surface area contributed by atoms with Gasteiger partial charge in [-0.3, -0.25) is 0 Å². The van der Waals surface area contributed by atoms with E-state index in [4.69, 9.17) is 4.74 Å². The maximum Gasteiger partial charge on any atom is 0.208 e. The molecular weight excluding hydrogens is 234 g/mol. The highest BCUT2D eigenvalue weighted by Crippen LogP contribution is 2.46. The van der Waals surface area contributed by atoms with Crippen molar-refractivity contribution in [2.75, 3.05) is 24.7 Å². The normalized spacial score (nSPS) is 27.9. The van der Waals surface area contributed by atoms with Crippen LogP contribution in [-0.4, -0.2) is 36.0 Å². The highest BCUT2D eigenvalue weighted by Gasteiger charge is 2.46. The van der Waals surface area contributed by atoms with Gasteiger partial charge in [-0.25, -0.2) is 0 Å².